The third kappa shape index (κ3) is 8.35. The molecule has 220 valence electrons. The van der Waals surface area contributed by atoms with Crippen molar-refractivity contribution in [3.63, 3.8) is 0 Å². The number of unbranched alkanes of at least 4 members (excludes halogenated alkanes) is 6. The van der Waals surface area contributed by atoms with Gasteiger partial charge < -0.3 is 14.2 Å². The number of fused-ring (bicyclic) bond motifs is 2. The molecule has 0 radical (unpaired) electrons. The average Bonchev–Trinajstić information content (AvgIpc) is 2.91. The molecular formula is C33H40O8. The molecule has 2 aromatic rings. The molecule has 0 fully saturated rings. The lowest BCUT2D eigenvalue weighted by Crippen LogP contribution is -2.25. The van der Waals surface area contributed by atoms with Crippen LogP contribution in [0.4, 0.5) is 0 Å². The molecule has 0 spiro atoms. The molecule has 0 saturated carbocycles. The van der Waals surface area contributed by atoms with E-state index in [0.29, 0.717) is 24.8 Å². The van der Waals surface area contributed by atoms with E-state index in [0.717, 1.165) is 38.5 Å². The Kier molecular flexibility index (Phi) is 11.8. The lowest BCUT2D eigenvalue weighted by atomic mass is 9.82. The summed E-state index contributed by atoms with van der Waals surface area (Å²) < 4.78 is 16.7. The Morgan fingerprint density at radius 1 is 0.561 bits per heavy atom. The van der Waals surface area contributed by atoms with Crippen LogP contribution in [0.2, 0.25) is 0 Å². The molecule has 1 aliphatic carbocycles. The molecule has 0 amide bonds. The van der Waals surface area contributed by atoms with Crippen molar-refractivity contribution in [3.05, 3.63) is 52.1 Å². The Labute approximate surface area is 241 Å². The van der Waals surface area contributed by atoms with Gasteiger partial charge in [0.05, 0.1) is 11.1 Å². The van der Waals surface area contributed by atoms with Crippen LogP contribution in [0.25, 0.3) is 0 Å². The molecule has 8 nitrogen and oxygen atoms in total. The second kappa shape index (κ2) is 15.3. The molecule has 1 aliphatic rings. The molecular weight excluding hydrogens is 524 g/mol. The Hall–Kier alpha value is -3.81. The number of ketones is 2. The van der Waals surface area contributed by atoms with Gasteiger partial charge in [-0.15, -0.1) is 0 Å². The number of carbonyl (C=O) groups excluding carboxylic acids is 5. The molecule has 0 atom stereocenters. The van der Waals surface area contributed by atoms with Crippen LogP contribution in [0.15, 0.2) is 24.3 Å². The van der Waals surface area contributed by atoms with Crippen LogP contribution >= 0.6 is 0 Å². The van der Waals surface area contributed by atoms with Gasteiger partial charge >= 0.3 is 17.9 Å². The minimum atomic E-state index is -0.608. The van der Waals surface area contributed by atoms with Crippen LogP contribution in [0.3, 0.4) is 0 Å². The van der Waals surface area contributed by atoms with Gasteiger partial charge in [0.2, 0.25) is 5.78 Å². The van der Waals surface area contributed by atoms with E-state index in [1.54, 1.807) is 19.1 Å². The molecule has 0 unspecified atom stereocenters. The standard InChI is InChI=1S/C33H40O8/c1-5-8-11-14-27(34)39-22-19-24-31(26(20-22)41-29(36)16-13-10-7-3)33(38)30-23(32(24)37)17-21(4)18-25(30)40-28(35)15-12-9-6-2/h17-20H,5-16H2,1-4H3. The number of aryl methyl sites for hydroxylation is 1. The number of rotatable bonds is 15. The van der Waals surface area contributed by atoms with Crippen LogP contribution < -0.4 is 14.2 Å². The fraction of sp³-hybridized carbons (Fsp3) is 0.485. The summed E-state index contributed by atoms with van der Waals surface area (Å²) in [6.07, 6.45) is 7.78. The molecule has 0 aliphatic heterocycles. The van der Waals surface area contributed by atoms with Gasteiger partial charge in [0, 0.05) is 36.5 Å². The normalized spacial score (nSPS) is 12.0. The summed E-state index contributed by atoms with van der Waals surface area (Å²) >= 11 is 0. The average molecular weight is 565 g/mol. The lowest BCUT2D eigenvalue weighted by Gasteiger charge is -2.23. The lowest BCUT2D eigenvalue weighted by molar-refractivity contribution is -0.135. The van der Waals surface area contributed by atoms with Crippen molar-refractivity contribution >= 4 is 29.5 Å². The SMILES string of the molecule is CCCCCC(=O)Oc1cc(OC(=O)CCCCC)c2c(c1)C(=O)c1cc(C)cc(OC(=O)CCCCC)c1C2=O. The molecule has 41 heavy (non-hydrogen) atoms. The van der Waals surface area contributed by atoms with E-state index in [1.165, 1.54) is 12.1 Å². The minimum absolute atomic E-state index is 0.00264. The smallest absolute Gasteiger partial charge is 0.311 e. The highest BCUT2D eigenvalue weighted by atomic mass is 16.5. The van der Waals surface area contributed by atoms with Gasteiger partial charge in [-0.3, -0.25) is 24.0 Å². The predicted octanol–water partition coefficient (Wildman–Crippen LogP) is 7.23. The molecule has 0 bridgehead atoms. The highest BCUT2D eigenvalue weighted by Crippen LogP contribution is 2.40. The van der Waals surface area contributed by atoms with Crippen molar-refractivity contribution < 1.29 is 38.2 Å². The number of hydrogen-bond acceptors (Lipinski definition) is 8. The summed E-state index contributed by atoms with van der Waals surface area (Å²) in [5.41, 5.74) is 0.494. The van der Waals surface area contributed by atoms with Crippen molar-refractivity contribution in [3.8, 4) is 17.2 Å². The summed E-state index contributed by atoms with van der Waals surface area (Å²) in [6.45, 7) is 7.80. The van der Waals surface area contributed by atoms with Gasteiger partial charge in [-0.25, -0.2) is 0 Å². The zero-order chi connectivity index (χ0) is 29.9. The Morgan fingerprint density at radius 2 is 1.00 bits per heavy atom. The van der Waals surface area contributed by atoms with Crippen molar-refractivity contribution in [1.29, 1.82) is 0 Å². The van der Waals surface area contributed by atoms with Gasteiger partial charge in [0.1, 0.15) is 17.2 Å². The largest absolute Gasteiger partial charge is 0.426 e. The van der Waals surface area contributed by atoms with Gasteiger partial charge in [-0.2, -0.15) is 0 Å². The Balaban J connectivity index is 2.04. The van der Waals surface area contributed by atoms with Crippen LogP contribution in [0, 0.1) is 6.92 Å². The molecule has 3 rings (SSSR count). The second-order valence-corrected chi connectivity index (χ2v) is 10.5. The van der Waals surface area contributed by atoms with Crippen LogP contribution in [0.1, 0.15) is 135 Å². The first kappa shape index (κ1) is 31.7. The van der Waals surface area contributed by atoms with Crippen molar-refractivity contribution in [2.24, 2.45) is 0 Å². The van der Waals surface area contributed by atoms with Crippen LogP contribution in [-0.2, 0) is 14.4 Å². The van der Waals surface area contributed by atoms with E-state index in [1.807, 2.05) is 20.8 Å². The van der Waals surface area contributed by atoms with E-state index < -0.39 is 29.5 Å². The van der Waals surface area contributed by atoms with Crippen molar-refractivity contribution in [1.82, 2.24) is 0 Å². The topological polar surface area (TPSA) is 113 Å². The first-order valence-electron chi connectivity index (χ1n) is 14.7. The van der Waals surface area contributed by atoms with E-state index >= 15 is 0 Å². The fourth-order valence-electron chi connectivity index (χ4n) is 4.75. The molecule has 0 N–H and O–H groups in total. The Bertz CT molecular complexity index is 1310. The second-order valence-electron chi connectivity index (χ2n) is 10.5. The highest BCUT2D eigenvalue weighted by molar-refractivity contribution is 6.30. The van der Waals surface area contributed by atoms with Crippen molar-refractivity contribution in [2.45, 2.75) is 105 Å². The molecule has 0 heterocycles. The zero-order valence-corrected chi connectivity index (χ0v) is 24.6. The quantitative estimate of drug-likeness (QED) is 0.108. The maximum atomic E-state index is 14.0. The van der Waals surface area contributed by atoms with Crippen LogP contribution in [0.5, 0.6) is 17.2 Å². The van der Waals surface area contributed by atoms with Gasteiger partial charge in [0.25, 0.3) is 0 Å². The number of ether oxygens (including phenoxy) is 3. The van der Waals surface area contributed by atoms with Crippen LogP contribution in [-0.4, -0.2) is 29.5 Å². The van der Waals surface area contributed by atoms with E-state index in [-0.39, 0.29) is 58.8 Å². The van der Waals surface area contributed by atoms with E-state index in [9.17, 15) is 24.0 Å². The van der Waals surface area contributed by atoms with Crippen molar-refractivity contribution in [2.75, 3.05) is 0 Å². The first-order valence-corrected chi connectivity index (χ1v) is 14.7. The fourth-order valence-corrected chi connectivity index (χ4v) is 4.75. The summed E-state index contributed by atoms with van der Waals surface area (Å²) in [6, 6.07) is 5.75. The monoisotopic (exact) mass is 564 g/mol. The first-order chi connectivity index (χ1) is 19.7. The maximum absolute atomic E-state index is 14.0. The summed E-state index contributed by atoms with van der Waals surface area (Å²) in [5.74, 6) is -2.82. The third-order valence-electron chi connectivity index (χ3n) is 6.90. The molecule has 8 heteroatoms. The zero-order valence-electron chi connectivity index (χ0n) is 24.6. The highest BCUT2D eigenvalue weighted by Gasteiger charge is 2.37. The molecule has 0 saturated heterocycles. The van der Waals surface area contributed by atoms with Gasteiger partial charge in [-0.05, 0) is 49.9 Å². The summed E-state index contributed by atoms with van der Waals surface area (Å²) in [5, 5.41) is 0. The third-order valence-corrected chi connectivity index (χ3v) is 6.90. The number of benzene rings is 2. The van der Waals surface area contributed by atoms with E-state index in [2.05, 4.69) is 0 Å². The summed E-state index contributed by atoms with van der Waals surface area (Å²) in [4.78, 5) is 65.5. The van der Waals surface area contributed by atoms with Gasteiger partial charge in [-0.1, -0.05) is 59.3 Å². The number of esters is 3. The van der Waals surface area contributed by atoms with E-state index in [4.69, 9.17) is 14.2 Å². The van der Waals surface area contributed by atoms with Gasteiger partial charge in [0.15, 0.2) is 5.78 Å². The Morgan fingerprint density at radius 3 is 1.49 bits per heavy atom. The minimum Gasteiger partial charge on any atom is -0.426 e. The summed E-state index contributed by atoms with van der Waals surface area (Å²) in [7, 11) is 0. The number of carbonyl (C=O) groups is 5. The molecule has 0 aromatic heterocycles. The molecule has 2 aromatic carbocycles. The maximum Gasteiger partial charge on any atom is 0.311 e. The number of hydrogen-bond donors (Lipinski definition) is 0. The predicted molar refractivity (Wildman–Crippen MR) is 154 cm³/mol.